The summed E-state index contributed by atoms with van der Waals surface area (Å²) in [5.41, 5.74) is -2.11. The summed E-state index contributed by atoms with van der Waals surface area (Å²) < 4.78 is 55.6. The number of piperidine rings is 1. The molecule has 2 aliphatic rings. The molecule has 176 valence electrons. The molecule has 0 unspecified atom stereocenters. The Bertz CT molecular complexity index is 824. The molecule has 2 fully saturated rings. The van der Waals surface area contributed by atoms with Crippen LogP contribution in [0.15, 0.2) is 18.5 Å². The summed E-state index contributed by atoms with van der Waals surface area (Å²) in [5, 5.41) is 9.14. The number of nitriles is 1. The van der Waals surface area contributed by atoms with Crippen molar-refractivity contribution in [3.8, 4) is 11.8 Å². The summed E-state index contributed by atoms with van der Waals surface area (Å²) in [7, 11) is 0. The lowest BCUT2D eigenvalue weighted by Gasteiger charge is -2.37. The normalized spacial score (nSPS) is 22.8. The van der Waals surface area contributed by atoms with Crippen LogP contribution in [0, 0.1) is 11.3 Å². The van der Waals surface area contributed by atoms with Crippen molar-refractivity contribution in [1.29, 1.82) is 5.26 Å². The number of halogens is 3. The SMILES string of the molecule is CC(C)(OC(=O)N1CCC(OC2CCC(Oc3ccncc3C#N)CC2)CC1)C(F)(F)F. The van der Waals surface area contributed by atoms with Gasteiger partial charge in [-0.3, -0.25) is 4.98 Å². The Morgan fingerprint density at radius 2 is 1.69 bits per heavy atom. The Kier molecular flexibility index (Phi) is 7.49. The second kappa shape index (κ2) is 9.94. The summed E-state index contributed by atoms with van der Waals surface area (Å²) in [5.74, 6) is 0.542. The van der Waals surface area contributed by atoms with Crippen LogP contribution in [0.4, 0.5) is 18.0 Å². The van der Waals surface area contributed by atoms with Crippen molar-refractivity contribution < 1.29 is 32.2 Å². The molecule has 0 bridgehead atoms. The molecule has 1 saturated carbocycles. The number of nitrogens with zero attached hydrogens (tertiary/aromatic N) is 3. The third kappa shape index (κ3) is 6.03. The van der Waals surface area contributed by atoms with E-state index in [4.69, 9.17) is 14.7 Å². The van der Waals surface area contributed by atoms with E-state index in [2.05, 4.69) is 15.8 Å². The van der Waals surface area contributed by atoms with Gasteiger partial charge < -0.3 is 19.1 Å². The molecular weight excluding hydrogens is 427 g/mol. The van der Waals surface area contributed by atoms with Gasteiger partial charge in [-0.05, 0) is 58.4 Å². The van der Waals surface area contributed by atoms with Crippen LogP contribution in [-0.4, -0.2) is 59.2 Å². The lowest BCUT2D eigenvalue weighted by Crippen LogP contribution is -2.49. The Morgan fingerprint density at radius 1 is 1.09 bits per heavy atom. The standard InChI is InChI=1S/C22H28F3N3O4/c1-21(2,22(23,24)25)32-20(29)28-11-8-18(9-12-28)30-16-3-5-17(6-4-16)31-19-7-10-27-14-15(19)13-26/h7,10,14,16-18H,3-6,8-9,11-12H2,1-2H3. The van der Waals surface area contributed by atoms with Crippen LogP contribution in [0.5, 0.6) is 5.75 Å². The molecule has 1 saturated heterocycles. The van der Waals surface area contributed by atoms with E-state index in [1.807, 2.05) is 0 Å². The fraction of sp³-hybridized carbons (Fsp3) is 0.682. The minimum atomic E-state index is -4.62. The number of likely N-dealkylation sites (tertiary alicyclic amines) is 1. The van der Waals surface area contributed by atoms with Crippen LogP contribution in [0.2, 0.25) is 0 Å². The van der Waals surface area contributed by atoms with E-state index in [1.54, 1.807) is 12.3 Å². The molecule has 0 radical (unpaired) electrons. The van der Waals surface area contributed by atoms with Gasteiger partial charge in [-0.2, -0.15) is 18.4 Å². The number of ether oxygens (including phenoxy) is 3. The van der Waals surface area contributed by atoms with Crippen molar-refractivity contribution in [2.24, 2.45) is 0 Å². The van der Waals surface area contributed by atoms with Crippen molar-refractivity contribution in [2.75, 3.05) is 13.1 Å². The molecule has 1 aromatic heterocycles. The van der Waals surface area contributed by atoms with Crippen LogP contribution in [0.3, 0.4) is 0 Å². The number of hydrogen-bond donors (Lipinski definition) is 0. The molecule has 0 atom stereocenters. The third-order valence-electron chi connectivity index (χ3n) is 5.93. The highest BCUT2D eigenvalue weighted by molar-refractivity contribution is 5.68. The van der Waals surface area contributed by atoms with Crippen molar-refractivity contribution in [3.05, 3.63) is 24.0 Å². The summed E-state index contributed by atoms with van der Waals surface area (Å²) >= 11 is 0. The van der Waals surface area contributed by atoms with E-state index in [9.17, 15) is 18.0 Å². The predicted octanol–water partition coefficient (Wildman–Crippen LogP) is 4.60. The van der Waals surface area contributed by atoms with E-state index >= 15 is 0 Å². The summed E-state index contributed by atoms with van der Waals surface area (Å²) in [6, 6.07) is 3.76. The molecule has 1 amide bonds. The maximum Gasteiger partial charge on any atom is 0.427 e. The number of amides is 1. The molecule has 0 aromatic carbocycles. The zero-order valence-corrected chi connectivity index (χ0v) is 18.2. The maximum absolute atomic E-state index is 12.9. The molecule has 10 heteroatoms. The molecule has 32 heavy (non-hydrogen) atoms. The Morgan fingerprint density at radius 3 is 2.28 bits per heavy atom. The molecule has 1 aromatic rings. The zero-order valence-electron chi connectivity index (χ0n) is 18.2. The van der Waals surface area contributed by atoms with Crippen LogP contribution >= 0.6 is 0 Å². The number of rotatable bonds is 5. The van der Waals surface area contributed by atoms with E-state index in [0.29, 0.717) is 37.2 Å². The van der Waals surface area contributed by atoms with E-state index in [1.165, 1.54) is 11.1 Å². The van der Waals surface area contributed by atoms with Gasteiger partial charge in [0, 0.05) is 25.5 Å². The topological polar surface area (TPSA) is 84.7 Å². The fourth-order valence-electron chi connectivity index (χ4n) is 3.82. The molecular formula is C22H28F3N3O4. The Hall–Kier alpha value is -2.54. The first-order valence-corrected chi connectivity index (χ1v) is 10.8. The number of aromatic nitrogens is 1. The van der Waals surface area contributed by atoms with Crippen molar-refractivity contribution >= 4 is 6.09 Å². The highest BCUT2D eigenvalue weighted by Crippen LogP contribution is 2.34. The lowest BCUT2D eigenvalue weighted by atomic mass is 9.94. The zero-order chi connectivity index (χ0) is 23.4. The first-order valence-electron chi connectivity index (χ1n) is 10.8. The van der Waals surface area contributed by atoms with E-state index in [-0.39, 0.29) is 18.3 Å². The van der Waals surface area contributed by atoms with Gasteiger partial charge in [0.2, 0.25) is 5.60 Å². The monoisotopic (exact) mass is 455 g/mol. The average Bonchev–Trinajstić information content (AvgIpc) is 2.75. The number of carbonyl (C=O) groups excluding carboxylic acids is 1. The highest BCUT2D eigenvalue weighted by atomic mass is 19.4. The van der Waals surface area contributed by atoms with E-state index in [0.717, 1.165) is 39.5 Å². The minimum Gasteiger partial charge on any atom is -0.489 e. The number of pyridine rings is 1. The molecule has 3 rings (SSSR count). The summed E-state index contributed by atoms with van der Waals surface area (Å²) in [6.07, 6.45) is 1.91. The van der Waals surface area contributed by atoms with E-state index < -0.39 is 17.9 Å². The van der Waals surface area contributed by atoms with Crippen molar-refractivity contribution in [2.45, 2.75) is 82.5 Å². The maximum atomic E-state index is 12.9. The van der Waals surface area contributed by atoms with Gasteiger partial charge in [0.1, 0.15) is 17.4 Å². The van der Waals surface area contributed by atoms with Crippen LogP contribution in [-0.2, 0) is 9.47 Å². The second-order valence-corrected chi connectivity index (χ2v) is 8.70. The largest absolute Gasteiger partial charge is 0.489 e. The highest BCUT2D eigenvalue weighted by Gasteiger charge is 2.51. The van der Waals surface area contributed by atoms with Crippen molar-refractivity contribution in [3.63, 3.8) is 0 Å². The first kappa shape index (κ1) is 24.1. The van der Waals surface area contributed by atoms with Gasteiger partial charge in [-0.15, -0.1) is 0 Å². The third-order valence-corrected chi connectivity index (χ3v) is 5.93. The molecule has 0 spiro atoms. The minimum absolute atomic E-state index is 0.0120. The molecule has 2 heterocycles. The first-order chi connectivity index (χ1) is 15.1. The average molecular weight is 455 g/mol. The summed E-state index contributed by atoms with van der Waals surface area (Å²) in [4.78, 5) is 17.3. The van der Waals surface area contributed by atoms with Gasteiger partial charge in [0.25, 0.3) is 0 Å². The van der Waals surface area contributed by atoms with Crippen molar-refractivity contribution in [1.82, 2.24) is 9.88 Å². The molecule has 0 N–H and O–H groups in total. The molecule has 7 nitrogen and oxygen atoms in total. The Labute approximate surface area is 185 Å². The lowest BCUT2D eigenvalue weighted by molar-refractivity contribution is -0.246. The van der Waals surface area contributed by atoms with Crippen LogP contribution < -0.4 is 4.74 Å². The second-order valence-electron chi connectivity index (χ2n) is 8.70. The quantitative estimate of drug-likeness (QED) is 0.645. The molecule has 1 aliphatic heterocycles. The number of alkyl halides is 3. The number of hydrogen-bond acceptors (Lipinski definition) is 6. The number of carbonyl (C=O) groups is 1. The fourth-order valence-corrected chi connectivity index (χ4v) is 3.82. The van der Waals surface area contributed by atoms with Gasteiger partial charge in [0.15, 0.2) is 0 Å². The predicted molar refractivity (Wildman–Crippen MR) is 108 cm³/mol. The van der Waals surface area contributed by atoms with Gasteiger partial charge >= 0.3 is 12.3 Å². The summed E-state index contributed by atoms with van der Waals surface area (Å²) in [6.45, 7) is 2.29. The smallest absolute Gasteiger partial charge is 0.427 e. The Balaban J connectivity index is 1.39. The molecule has 1 aliphatic carbocycles. The van der Waals surface area contributed by atoms with Gasteiger partial charge in [-0.1, -0.05) is 0 Å². The van der Waals surface area contributed by atoms with Crippen LogP contribution in [0.25, 0.3) is 0 Å². The van der Waals surface area contributed by atoms with Crippen LogP contribution in [0.1, 0.15) is 57.9 Å². The van der Waals surface area contributed by atoms with Gasteiger partial charge in [0.05, 0.1) is 18.3 Å². The van der Waals surface area contributed by atoms with Gasteiger partial charge in [-0.25, -0.2) is 4.79 Å².